The summed E-state index contributed by atoms with van der Waals surface area (Å²) in [6.45, 7) is 4.65. The molecule has 35 heavy (non-hydrogen) atoms. The number of benzene rings is 1. The predicted octanol–water partition coefficient (Wildman–Crippen LogP) is 4.52. The van der Waals surface area contributed by atoms with Gasteiger partial charge in [0.15, 0.2) is 17.3 Å². The molecule has 0 radical (unpaired) electrons. The number of aromatic nitrogens is 5. The van der Waals surface area contributed by atoms with Crippen molar-refractivity contribution in [3.63, 3.8) is 0 Å². The van der Waals surface area contributed by atoms with Gasteiger partial charge in [0.25, 0.3) is 0 Å². The third-order valence-corrected chi connectivity index (χ3v) is 5.60. The number of carbonyl (C=O) groups excluding carboxylic acids is 1. The van der Waals surface area contributed by atoms with Gasteiger partial charge in [0.05, 0.1) is 30.0 Å². The number of anilines is 1. The second kappa shape index (κ2) is 9.27. The summed E-state index contributed by atoms with van der Waals surface area (Å²) >= 11 is 0. The maximum absolute atomic E-state index is 12.4. The zero-order chi connectivity index (χ0) is 24.4. The van der Waals surface area contributed by atoms with Gasteiger partial charge in [0.1, 0.15) is 23.0 Å². The van der Waals surface area contributed by atoms with E-state index in [1.165, 1.54) is 6.92 Å². The number of hydrogen-bond donors (Lipinski definition) is 1. The van der Waals surface area contributed by atoms with Gasteiger partial charge in [-0.3, -0.25) is 18.6 Å². The first-order valence-corrected chi connectivity index (χ1v) is 11.3. The molecule has 1 aromatic carbocycles. The van der Waals surface area contributed by atoms with Crippen LogP contribution in [0.2, 0.25) is 0 Å². The summed E-state index contributed by atoms with van der Waals surface area (Å²) in [6, 6.07) is 13.2. The summed E-state index contributed by atoms with van der Waals surface area (Å²) < 4.78 is 9.51. The van der Waals surface area contributed by atoms with Gasteiger partial charge in [-0.2, -0.15) is 5.26 Å². The Morgan fingerprint density at radius 3 is 2.69 bits per heavy atom. The summed E-state index contributed by atoms with van der Waals surface area (Å²) in [7, 11) is 0. The number of hydrogen-bond acceptors (Lipinski definition) is 7. The van der Waals surface area contributed by atoms with Gasteiger partial charge in [-0.25, -0.2) is 9.97 Å². The minimum Gasteiger partial charge on any atom is -0.493 e. The highest BCUT2D eigenvalue weighted by Crippen LogP contribution is 2.33. The van der Waals surface area contributed by atoms with E-state index >= 15 is 0 Å². The van der Waals surface area contributed by atoms with Crippen molar-refractivity contribution >= 4 is 22.8 Å². The number of nitriles is 1. The molecule has 5 rings (SSSR count). The highest BCUT2D eigenvalue weighted by molar-refractivity contribution is 5.95. The number of nitrogens with zero attached hydrogens (tertiary/aromatic N) is 6. The number of ether oxygens (including phenoxy) is 1. The summed E-state index contributed by atoms with van der Waals surface area (Å²) in [5.74, 6) is 1.60. The number of nitrogens with one attached hydrogen (secondary N) is 1. The topological polar surface area (TPSA) is 110 Å². The Kier molecular flexibility index (Phi) is 5.85. The van der Waals surface area contributed by atoms with E-state index in [2.05, 4.69) is 16.4 Å². The largest absolute Gasteiger partial charge is 0.493 e. The molecule has 0 bridgehead atoms. The molecule has 0 aliphatic rings. The second-order valence-corrected chi connectivity index (χ2v) is 8.08. The van der Waals surface area contributed by atoms with E-state index in [0.29, 0.717) is 47.3 Å². The van der Waals surface area contributed by atoms with Crippen LogP contribution in [0.5, 0.6) is 5.75 Å². The molecular weight excluding hydrogens is 442 g/mol. The fourth-order valence-electron chi connectivity index (χ4n) is 3.92. The zero-order valence-electron chi connectivity index (χ0n) is 19.4. The van der Waals surface area contributed by atoms with Crippen LogP contribution in [0.3, 0.4) is 0 Å². The van der Waals surface area contributed by atoms with Gasteiger partial charge in [-0.05, 0) is 30.2 Å². The van der Waals surface area contributed by atoms with E-state index in [1.54, 1.807) is 35.1 Å². The van der Waals surface area contributed by atoms with E-state index in [-0.39, 0.29) is 5.78 Å². The molecule has 0 fully saturated rings. The minimum absolute atomic E-state index is 0.147. The number of imidazole rings is 2. The molecular formula is C26H23N7O2. The van der Waals surface area contributed by atoms with Crippen LogP contribution in [-0.4, -0.2) is 36.1 Å². The Morgan fingerprint density at radius 2 is 1.94 bits per heavy atom. The molecule has 4 aromatic heterocycles. The van der Waals surface area contributed by atoms with E-state index in [1.807, 2.05) is 41.8 Å². The predicted molar refractivity (Wildman–Crippen MR) is 131 cm³/mol. The lowest BCUT2D eigenvalue weighted by Gasteiger charge is -2.09. The lowest BCUT2D eigenvalue weighted by atomic mass is 10.1. The fraction of sp³-hybridized carbons (Fsp3) is 0.192. The lowest BCUT2D eigenvalue weighted by Crippen LogP contribution is -2.04. The quantitative estimate of drug-likeness (QED) is 0.336. The summed E-state index contributed by atoms with van der Waals surface area (Å²) in [5.41, 5.74) is 4.16. The highest BCUT2D eigenvalue weighted by atomic mass is 16.5. The fourth-order valence-corrected chi connectivity index (χ4v) is 3.92. The van der Waals surface area contributed by atoms with Crippen molar-refractivity contribution in [2.45, 2.75) is 26.8 Å². The zero-order valence-corrected chi connectivity index (χ0v) is 19.4. The number of rotatable bonds is 8. The van der Waals surface area contributed by atoms with Crippen molar-refractivity contribution in [3.05, 3.63) is 78.1 Å². The van der Waals surface area contributed by atoms with Gasteiger partial charge < -0.3 is 10.1 Å². The van der Waals surface area contributed by atoms with Crippen molar-refractivity contribution in [1.82, 2.24) is 23.8 Å². The van der Waals surface area contributed by atoms with Crippen LogP contribution in [0.15, 0.2) is 61.2 Å². The normalized spacial score (nSPS) is 11.0. The average molecular weight is 466 g/mol. The van der Waals surface area contributed by atoms with Crippen LogP contribution in [0.4, 0.5) is 5.82 Å². The van der Waals surface area contributed by atoms with Gasteiger partial charge in [-0.1, -0.05) is 19.1 Å². The number of ketones is 1. The molecule has 0 saturated heterocycles. The van der Waals surface area contributed by atoms with Crippen LogP contribution >= 0.6 is 0 Å². The highest BCUT2D eigenvalue weighted by Gasteiger charge is 2.23. The van der Waals surface area contributed by atoms with Gasteiger partial charge in [-0.15, -0.1) is 0 Å². The van der Waals surface area contributed by atoms with Crippen LogP contribution in [-0.2, 0) is 6.54 Å². The molecule has 0 aliphatic carbocycles. The van der Waals surface area contributed by atoms with Crippen molar-refractivity contribution < 1.29 is 9.53 Å². The maximum atomic E-state index is 12.4. The Bertz CT molecular complexity index is 1580. The third kappa shape index (κ3) is 4.17. The molecule has 0 spiro atoms. The summed E-state index contributed by atoms with van der Waals surface area (Å²) in [4.78, 5) is 26.1. The Balaban J connectivity index is 1.63. The minimum atomic E-state index is -0.147. The molecule has 0 atom stereocenters. The van der Waals surface area contributed by atoms with Gasteiger partial charge in [0, 0.05) is 38.1 Å². The van der Waals surface area contributed by atoms with E-state index < -0.39 is 0 Å². The Morgan fingerprint density at radius 1 is 1.11 bits per heavy atom. The molecule has 5 aromatic rings. The van der Waals surface area contributed by atoms with Crippen LogP contribution < -0.4 is 10.1 Å². The lowest BCUT2D eigenvalue weighted by molar-refractivity contribution is 0.100. The Labute approximate surface area is 201 Å². The molecule has 0 unspecified atom stereocenters. The smallest absolute Gasteiger partial charge is 0.195 e. The van der Waals surface area contributed by atoms with Crippen molar-refractivity contribution in [1.29, 1.82) is 5.26 Å². The summed E-state index contributed by atoms with van der Waals surface area (Å²) in [6.07, 6.45) is 7.88. The molecule has 0 saturated carbocycles. The molecule has 9 nitrogen and oxygen atoms in total. The number of pyridine rings is 1. The van der Waals surface area contributed by atoms with E-state index in [4.69, 9.17) is 20.0 Å². The molecule has 9 heteroatoms. The average Bonchev–Trinajstić information content (AvgIpc) is 3.44. The van der Waals surface area contributed by atoms with Crippen LogP contribution in [0.25, 0.3) is 22.6 Å². The van der Waals surface area contributed by atoms with Crippen LogP contribution in [0.1, 0.15) is 42.0 Å². The van der Waals surface area contributed by atoms with Crippen molar-refractivity contribution in [3.8, 4) is 23.2 Å². The first kappa shape index (κ1) is 22.1. The number of Topliss-reactive ketones (excluding diaryl/α,β-unsaturated/α-hetero) is 1. The van der Waals surface area contributed by atoms with Crippen LogP contribution in [0, 0.1) is 11.3 Å². The molecule has 174 valence electrons. The van der Waals surface area contributed by atoms with Crippen molar-refractivity contribution in [2.75, 3.05) is 11.9 Å². The van der Waals surface area contributed by atoms with E-state index in [0.717, 1.165) is 23.3 Å². The number of fused-ring (bicyclic) bond motifs is 2. The SMILES string of the molecule is CCCOc1ccn2c(C(C)=O)nc(-c3nc4cnccn4c3NCc3ccc(C#N)cc3)c2c1. The molecule has 0 amide bonds. The molecule has 1 N–H and O–H groups in total. The number of carbonyl (C=O) groups is 1. The summed E-state index contributed by atoms with van der Waals surface area (Å²) in [5, 5.41) is 12.5. The maximum Gasteiger partial charge on any atom is 0.195 e. The third-order valence-electron chi connectivity index (χ3n) is 5.60. The van der Waals surface area contributed by atoms with Crippen molar-refractivity contribution in [2.24, 2.45) is 0 Å². The first-order chi connectivity index (χ1) is 17.1. The standard InChI is InChI=1S/C26H23N7O2/c1-3-12-35-20-8-10-32-21(13-20)23(31-25(32)17(2)34)24-26(33-11-9-28-16-22(33)30-24)29-15-19-6-4-18(14-27)5-7-19/h4-11,13,16,29H,3,12,15H2,1-2H3. The van der Waals surface area contributed by atoms with E-state index in [9.17, 15) is 4.79 Å². The molecule has 0 aliphatic heterocycles. The van der Waals surface area contributed by atoms with Gasteiger partial charge in [0.2, 0.25) is 0 Å². The monoisotopic (exact) mass is 465 g/mol. The molecule has 4 heterocycles. The second-order valence-electron chi connectivity index (χ2n) is 8.08. The first-order valence-electron chi connectivity index (χ1n) is 11.3. The van der Waals surface area contributed by atoms with Gasteiger partial charge >= 0.3 is 0 Å². The Hall–Kier alpha value is -4.71.